The molecule has 2 aliphatic rings. The second-order valence-corrected chi connectivity index (χ2v) is 7.79. The number of nitrogens with one attached hydrogen (secondary N) is 2. The first-order valence-electron chi connectivity index (χ1n) is 10.3. The zero-order valence-electron chi connectivity index (χ0n) is 17.2. The minimum atomic E-state index is -0.0187. The molecule has 0 unspecified atom stereocenters. The first-order valence-corrected chi connectivity index (χ1v) is 10.3. The van der Waals surface area contributed by atoms with E-state index >= 15 is 0 Å². The van der Waals surface area contributed by atoms with Crippen molar-refractivity contribution in [3.8, 4) is 12.0 Å². The van der Waals surface area contributed by atoms with Gasteiger partial charge in [-0.05, 0) is 50.1 Å². The van der Waals surface area contributed by atoms with Crippen molar-refractivity contribution < 1.29 is 9.90 Å². The van der Waals surface area contributed by atoms with Gasteiger partial charge in [0, 0.05) is 42.3 Å². The molecule has 29 heavy (non-hydrogen) atoms. The lowest BCUT2D eigenvalue weighted by Crippen LogP contribution is -2.52. The quantitative estimate of drug-likeness (QED) is 0.701. The number of likely N-dealkylation sites (N-methyl/N-ethyl adjacent to an activating group) is 1. The molecule has 0 bridgehead atoms. The number of aromatic amines is 1. The number of carbonyl (C=O) groups is 1. The van der Waals surface area contributed by atoms with E-state index in [9.17, 15) is 4.79 Å². The molecule has 0 spiro atoms. The molecule has 0 radical (unpaired) electrons. The fraction of sp³-hybridized carbons (Fsp3) is 0.435. The van der Waals surface area contributed by atoms with Gasteiger partial charge in [0.15, 0.2) is 0 Å². The van der Waals surface area contributed by atoms with Gasteiger partial charge in [-0.25, -0.2) is 4.79 Å². The molecule has 4 rings (SSSR count). The zero-order chi connectivity index (χ0) is 20.5. The van der Waals surface area contributed by atoms with Crippen molar-refractivity contribution >= 4 is 22.5 Å². The third-order valence-electron chi connectivity index (χ3n) is 6.18. The molecule has 152 valence electrons. The third kappa shape index (κ3) is 3.36. The summed E-state index contributed by atoms with van der Waals surface area (Å²) in [5.41, 5.74) is 5.97. The Kier molecular flexibility index (Phi) is 5.25. The molecule has 0 fully saturated rings. The summed E-state index contributed by atoms with van der Waals surface area (Å²) in [6.45, 7) is 6.19. The van der Waals surface area contributed by atoms with Crippen LogP contribution in [0.1, 0.15) is 30.7 Å². The number of urea groups is 1. The molecular formula is C23H28N4O2. The van der Waals surface area contributed by atoms with Gasteiger partial charge in [0.2, 0.25) is 0 Å². The number of rotatable bonds is 4. The zero-order valence-corrected chi connectivity index (χ0v) is 17.2. The van der Waals surface area contributed by atoms with E-state index in [2.05, 4.69) is 52.4 Å². The van der Waals surface area contributed by atoms with E-state index in [0.717, 1.165) is 24.2 Å². The van der Waals surface area contributed by atoms with Gasteiger partial charge in [0.05, 0.1) is 12.5 Å². The van der Waals surface area contributed by atoms with Crippen molar-refractivity contribution in [3.63, 3.8) is 0 Å². The smallest absolute Gasteiger partial charge is 0.317 e. The minimum Gasteiger partial charge on any atom is -0.462 e. The molecule has 6 nitrogen and oxygen atoms in total. The normalized spacial score (nSPS) is 20.4. The highest BCUT2D eigenvalue weighted by molar-refractivity contribution is 5.99. The highest BCUT2D eigenvalue weighted by atomic mass is 16.2. The maximum atomic E-state index is 12.6. The number of aliphatic hydroxyl groups is 1. The second-order valence-electron chi connectivity index (χ2n) is 7.79. The summed E-state index contributed by atoms with van der Waals surface area (Å²) in [7, 11) is 2.12. The fourth-order valence-electron chi connectivity index (χ4n) is 4.75. The van der Waals surface area contributed by atoms with Crippen LogP contribution in [0.15, 0.2) is 24.3 Å². The third-order valence-corrected chi connectivity index (χ3v) is 6.18. The topological polar surface area (TPSA) is 71.6 Å². The number of aliphatic hydroxyl groups excluding tert-OH is 1. The molecule has 0 saturated carbocycles. The summed E-state index contributed by atoms with van der Waals surface area (Å²) < 4.78 is 0. The van der Waals surface area contributed by atoms with Gasteiger partial charge >= 0.3 is 6.03 Å². The van der Waals surface area contributed by atoms with Crippen molar-refractivity contribution in [2.45, 2.75) is 38.8 Å². The Morgan fingerprint density at radius 2 is 2.17 bits per heavy atom. The first kappa shape index (κ1) is 19.4. The van der Waals surface area contributed by atoms with Crippen LogP contribution < -0.4 is 5.32 Å². The maximum Gasteiger partial charge on any atom is 0.317 e. The van der Waals surface area contributed by atoms with E-state index in [1.807, 2.05) is 24.9 Å². The highest BCUT2D eigenvalue weighted by Gasteiger charge is 2.35. The summed E-state index contributed by atoms with van der Waals surface area (Å²) in [4.78, 5) is 20.2. The van der Waals surface area contributed by atoms with E-state index in [-0.39, 0.29) is 18.1 Å². The fourth-order valence-corrected chi connectivity index (χ4v) is 4.75. The molecule has 6 heteroatoms. The van der Waals surface area contributed by atoms with Crippen molar-refractivity contribution in [1.29, 1.82) is 0 Å². The lowest BCUT2D eigenvalue weighted by molar-refractivity contribution is 0.193. The van der Waals surface area contributed by atoms with E-state index < -0.39 is 0 Å². The first-order chi connectivity index (χ1) is 14.1. The Morgan fingerprint density at radius 1 is 1.38 bits per heavy atom. The average molecular weight is 393 g/mol. The van der Waals surface area contributed by atoms with Gasteiger partial charge in [-0.3, -0.25) is 4.90 Å². The van der Waals surface area contributed by atoms with E-state index in [1.54, 1.807) is 0 Å². The van der Waals surface area contributed by atoms with Crippen LogP contribution in [-0.4, -0.2) is 64.7 Å². The lowest BCUT2D eigenvalue weighted by atomic mass is 9.80. The van der Waals surface area contributed by atoms with Crippen molar-refractivity contribution in [2.75, 3.05) is 26.7 Å². The van der Waals surface area contributed by atoms with Crippen LogP contribution in [-0.2, 0) is 12.8 Å². The van der Waals surface area contributed by atoms with Crippen LogP contribution in [0.4, 0.5) is 4.79 Å². The Labute approximate surface area is 171 Å². The van der Waals surface area contributed by atoms with Gasteiger partial charge in [-0.1, -0.05) is 24.1 Å². The number of H-pyrrole nitrogens is 1. The molecule has 2 heterocycles. The molecule has 2 amide bonds. The van der Waals surface area contributed by atoms with Crippen LogP contribution >= 0.6 is 0 Å². The molecule has 3 N–H and O–H groups in total. The minimum absolute atomic E-state index is 0.00934. The standard InChI is InChI=1S/C23H28N4O2/c1-4-27(5-2)23(29)24-15-12-17-16-8-6-9-20-22(16)18(13-21(17)26(3)14-15)19(25-20)10-7-11-28/h6,8-9,12,15,21,25,28H,4-5,10,13-14H2,1-3H3,(H,24,29)/t15-,21+/m0/s1. The molecule has 1 aromatic carbocycles. The van der Waals surface area contributed by atoms with Crippen LogP contribution in [0.3, 0.4) is 0 Å². The van der Waals surface area contributed by atoms with Gasteiger partial charge in [0.1, 0.15) is 6.11 Å². The number of fused-ring (bicyclic) bond motifs is 2. The SMILES string of the molecule is CCN(CC)C(=O)N[C@H]1C=C2c3cccc4[nH]c(CC#CO)c(c34)C[C@H]2N(C)C1. The number of carbonyl (C=O) groups excluding carboxylic acids is 1. The predicted molar refractivity (Wildman–Crippen MR) is 115 cm³/mol. The van der Waals surface area contributed by atoms with Gasteiger partial charge in [-0.15, -0.1) is 0 Å². The van der Waals surface area contributed by atoms with Crippen LogP contribution in [0.25, 0.3) is 16.5 Å². The molecule has 1 aliphatic heterocycles. The number of benzene rings is 1. The van der Waals surface area contributed by atoms with Gasteiger partial charge in [-0.2, -0.15) is 0 Å². The van der Waals surface area contributed by atoms with Gasteiger partial charge in [0.25, 0.3) is 0 Å². The molecule has 0 saturated heterocycles. The number of hydrogen-bond acceptors (Lipinski definition) is 3. The lowest BCUT2D eigenvalue weighted by Gasteiger charge is -2.40. The average Bonchev–Trinajstić information content (AvgIpc) is 3.07. The van der Waals surface area contributed by atoms with Crippen LogP contribution in [0.5, 0.6) is 0 Å². The number of amides is 2. The Morgan fingerprint density at radius 3 is 2.90 bits per heavy atom. The number of hydrogen-bond donors (Lipinski definition) is 3. The molecule has 2 aromatic rings. The predicted octanol–water partition coefficient (Wildman–Crippen LogP) is 2.72. The monoisotopic (exact) mass is 392 g/mol. The summed E-state index contributed by atoms with van der Waals surface area (Å²) in [6.07, 6.45) is 5.67. The summed E-state index contributed by atoms with van der Waals surface area (Å²) in [6, 6.07) is 6.57. The molecule has 1 aliphatic carbocycles. The van der Waals surface area contributed by atoms with Gasteiger partial charge < -0.3 is 20.3 Å². The number of nitrogens with zero attached hydrogens (tertiary/aromatic N) is 2. The number of aromatic nitrogens is 1. The Hall–Kier alpha value is -2.91. The summed E-state index contributed by atoms with van der Waals surface area (Å²) in [5.74, 6) is 2.77. The Bertz CT molecular complexity index is 1020. The molecule has 2 atom stereocenters. The Balaban J connectivity index is 1.73. The molecular weight excluding hydrogens is 364 g/mol. The van der Waals surface area contributed by atoms with Crippen molar-refractivity contribution in [3.05, 3.63) is 41.1 Å². The van der Waals surface area contributed by atoms with Crippen molar-refractivity contribution in [2.24, 2.45) is 0 Å². The summed E-state index contributed by atoms with van der Waals surface area (Å²) in [5, 5.41) is 13.3. The van der Waals surface area contributed by atoms with Crippen LogP contribution in [0, 0.1) is 12.0 Å². The largest absolute Gasteiger partial charge is 0.462 e. The highest BCUT2D eigenvalue weighted by Crippen LogP contribution is 2.41. The van der Waals surface area contributed by atoms with Crippen LogP contribution in [0.2, 0.25) is 0 Å². The van der Waals surface area contributed by atoms with E-state index in [4.69, 9.17) is 5.11 Å². The molecule has 1 aromatic heterocycles. The van der Waals surface area contributed by atoms with E-state index in [0.29, 0.717) is 19.5 Å². The van der Waals surface area contributed by atoms with Crippen molar-refractivity contribution in [1.82, 2.24) is 20.1 Å². The summed E-state index contributed by atoms with van der Waals surface area (Å²) >= 11 is 0. The van der Waals surface area contributed by atoms with E-state index in [1.165, 1.54) is 22.1 Å². The maximum absolute atomic E-state index is 12.6. The second kappa shape index (κ2) is 7.84.